The molecule has 0 radical (unpaired) electrons. The van der Waals surface area contributed by atoms with Gasteiger partial charge in [-0.15, -0.1) is 21.5 Å². The molecule has 6 heteroatoms. The van der Waals surface area contributed by atoms with Gasteiger partial charge in [-0.1, -0.05) is 53.7 Å². The molecule has 2 aromatic carbocycles. The van der Waals surface area contributed by atoms with Crippen molar-refractivity contribution < 1.29 is 4.74 Å². The third kappa shape index (κ3) is 4.66. The first-order chi connectivity index (χ1) is 14.1. The van der Waals surface area contributed by atoms with E-state index in [1.807, 2.05) is 43.3 Å². The Morgan fingerprint density at radius 2 is 1.83 bits per heavy atom. The number of aryl methyl sites for hydroxylation is 2. The highest BCUT2D eigenvalue weighted by molar-refractivity contribution is 7.98. The van der Waals surface area contributed by atoms with Crippen molar-refractivity contribution in [3.05, 3.63) is 77.5 Å². The maximum atomic E-state index is 5.32. The lowest BCUT2D eigenvalue weighted by Crippen LogP contribution is -1.90. The van der Waals surface area contributed by atoms with Crippen molar-refractivity contribution >= 4 is 23.1 Å². The van der Waals surface area contributed by atoms with Crippen LogP contribution in [0.15, 0.2) is 65.7 Å². The molecule has 4 nitrogen and oxygen atoms in total. The van der Waals surface area contributed by atoms with E-state index in [1.54, 1.807) is 30.2 Å². The molecule has 29 heavy (non-hydrogen) atoms. The van der Waals surface area contributed by atoms with Crippen LogP contribution in [0.2, 0.25) is 0 Å². The zero-order valence-corrected chi connectivity index (χ0v) is 18.2. The maximum absolute atomic E-state index is 5.32. The van der Waals surface area contributed by atoms with Gasteiger partial charge in [0.25, 0.3) is 0 Å². The van der Waals surface area contributed by atoms with E-state index in [9.17, 15) is 0 Å². The molecular weight excluding hydrogens is 398 g/mol. The van der Waals surface area contributed by atoms with Crippen molar-refractivity contribution in [2.24, 2.45) is 0 Å². The van der Waals surface area contributed by atoms with Crippen LogP contribution in [-0.4, -0.2) is 22.3 Å². The SMILES string of the molecule is COc1cccc(-c2nc(C)c(-c3ccc(SCc4cccc(C)c4)nn3)s2)c1. The standard InChI is InChI=1S/C23H21N3OS2/c1-15-6-4-7-17(12-15)14-28-21-11-10-20(25-26-21)22-16(2)24-23(29-22)18-8-5-9-19(13-18)27-3/h4-13H,14H2,1-3H3. The van der Waals surface area contributed by atoms with E-state index in [-0.39, 0.29) is 0 Å². The van der Waals surface area contributed by atoms with Crippen LogP contribution in [0.1, 0.15) is 16.8 Å². The normalized spacial score (nSPS) is 10.9. The van der Waals surface area contributed by atoms with Crippen LogP contribution in [0.25, 0.3) is 21.1 Å². The van der Waals surface area contributed by atoms with Gasteiger partial charge in [0.05, 0.1) is 17.7 Å². The Morgan fingerprint density at radius 1 is 0.966 bits per heavy atom. The molecule has 4 aromatic rings. The predicted molar refractivity (Wildman–Crippen MR) is 121 cm³/mol. The monoisotopic (exact) mass is 419 g/mol. The van der Waals surface area contributed by atoms with E-state index in [0.29, 0.717) is 0 Å². The molecule has 0 N–H and O–H groups in total. The highest BCUT2D eigenvalue weighted by atomic mass is 32.2. The fraction of sp³-hybridized carbons (Fsp3) is 0.174. The van der Waals surface area contributed by atoms with Crippen molar-refractivity contribution in [3.63, 3.8) is 0 Å². The molecule has 2 heterocycles. The second kappa shape index (κ2) is 8.76. The molecule has 0 fully saturated rings. The zero-order valence-electron chi connectivity index (χ0n) is 16.5. The summed E-state index contributed by atoms with van der Waals surface area (Å²) in [7, 11) is 1.67. The highest BCUT2D eigenvalue weighted by Crippen LogP contribution is 2.35. The summed E-state index contributed by atoms with van der Waals surface area (Å²) in [5.41, 5.74) is 5.43. The van der Waals surface area contributed by atoms with Gasteiger partial charge < -0.3 is 4.74 Å². The van der Waals surface area contributed by atoms with Gasteiger partial charge in [-0.25, -0.2) is 4.98 Å². The summed E-state index contributed by atoms with van der Waals surface area (Å²) in [6, 6.07) is 20.6. The summed E-state index contributed by atoms with van der Waals surface area (Å²) in [6.07, 6.45) is 0. The number of methoxy groups -OCH3 is 1. The first kappa shape index (κ1) is 19.6. The van der Waals surface area contributed by atoms with Crippen LogP contribution in [0, 0.1) is 13.8 Å². The van der Waals surface area contributed by atoms with Gasteiger partial charge in [0.15, 0.2) is 0 Å². The third-order valence-corrected chi connectivity index (χ3v) is 6.68. The molecule has 0 spiro atoms. The number of hydrogen-bond acceptors (Lipinski definition) is 6. The molecule has 0 aliphatic carbocycles. The van der Waals surface area contributed by atoms with Crippen LogP contribution in [0.5, 0.6) is 5.75 Å². The Kier molecular flexibility index (Phi) is 5.92. The minimum absolute atomic E-state index is 0.826. The molecule has 0 saturated heterocycles. The smallest absolute Gasteiger partial charge is 0.124 e. The summed E-state index contributed by atoms with van der Waals surface area (Å²) < 4.78 is 5.32. The molecule has 0 aliphatic heterocycles. The molecule has 0 bridgehead atoms. The zero-order chi connectivity index (χ0) is 20.2. The topological polar surface area (TPSA) is 47.9 Å². The van der Waals surface area contributed by atoms with E-state index >= 15 is 0 Å². The van der Waals surface area contributed by atoms with Crippen LogP contribution >= 0.6 is 23.1 Å². The molecule has 0 saturated carbocycles. The number of benzene rings is 2. The summed E-state index contributed by atoms with van der Waals surface area (Å²) in [4.78, 5) is 5.78. The van der Waals surface area contributed by atoms with Gasteiger partial charge >= 0.3 is 0 Å². The largest absolute Gasteiger partial charge is 0.497 e. The molecule has 0 amide bonds. The average molecular weight is 420 g/mol. The molecule has 4 rings (SSSR count). The number of aromatic nitrogens is 3. The van der Waals surface area contributed by atoms with Crippen LogP contribution in [0.4, 0.5) is 0 Å². The summed E-state index contributed by atoms with van der Waals surface area (Å²) in [5.74, 6) is 1.71. The van der Waals surface area contributed by atoms with Crippen molar-refractivity contribution in [1.29, 1.82) is 0 Å². The predicted octanol–water partition coefficient (Wildman–Crippen LogP) is 6.18. The van der Waals surface area contributed by atoms with Gasteiger partial charge in [0, 0.05) is 11.3 Å². The van der Waals surface area contributed by atoms with Crippen LogP contribution < -0.4 is 4.74 Å². The maximum Gasteiger partial charge on any atom is 0.124 e. The highest BCUT2D eigenvalue weighted by Gasteiger charge is 2.13. The Hall–Kier alpha value is -2.70. The number of ether oxygens (including phenoxy) is 1. The van der Waals surface area contributed by atoms with Gasteiger partial charge in [-0.3, -0.25) is 0 Å². The van der Waals surface area contributed by atoms with Crippen molar-refractivity contribution in [3.8, 4) is 26.9 Å². The molecule has 0 aliphatic rings. The Balaban J connectivity index is 1.51. The van der Waals surface area contributed by atoms with E-state index in [0.717, 1.165) is 43.4 Å². The number of thioether (sulfide) groups is 1. The van der Waals surface area contributed by atoms with Crippen molar-refractivity contribution in [2.75, 3.05) is 7.11 Å². The molecule has 146 valence electrons. The van der Waals surface area contributed by atoms with Gasteiger partial charge in [0.2, 0.25) is 0 Å². The molecular formula is C23H21N3OS2. The minimum Gasteiger partial charge on any atom is -0.497 e. The fourth-order valence-corrected chi connectivity index (χ4v) is 4.78. The number of rotatable bonds is 6. The number of nitrogens with zero attached hydrogens (tertiary/aromatic N) is 3. The Bertz CT molecular complexity index is 1120. The lowest BCUT2D eigenvalue weighted by molar-refractivity contribution is 0.415. The second-order valence-corrected chi connectivity index (χ2v) is 8.69. The van der Waals surface area contributed by atoms with E-state index in [1.165, 1.54) is 11.1 Å². The molecule has 0 atom stereocenters. The second-order valence-electron chi connectivity index (χ2n) is 6.70. The van der Waals surface area contributed by atoms with Crippen LogP contribution in [0.3, 0.4) is 0 Å². The summed E-state index contributed by atoms with van der Waals surface area (Å²) in [5, 5.41) is 10.7. The van der Waals surface area contributed by atoms with E-state index < -0.39 is 0 Å². The van der Waals surface area contributed by atoms with Gasteiger partial charge in [-0.05, 0) is 43.7 Å². The first-order valence-corrected chi connectivity index (χ1v) is 11.1. The summed E-state index contributed by atoms with van der Waals surface area (Å²) in [6.45, 7) is 4.12. The number of hydrogen-bond donors (Lipinski definition) is 0. The first-order valence-electron chi connectivity index (χ1n) is 9.26. The fourth-order valence-electron chi connectivity index (χ4n) is 2.99. The van der Waals surface area contributed by atoms with E-state index in [2.05, 4.69) is 41.4 Å². The summed E-state index contributed by atoms with van der Waals surface area (Å²) >= 11 is 3.32. The lowest BCUT2D eigenvalue weighted by Gasteiger charge is -2.03. The van der Waals surface area contributed by atoms with Gasteiger partial charge in [0.1, 0.15) is 21.5 Å². The lowest BCUT2D eigenvalue weighted by atomic mass is 10.2. The molecule has 0 unspecified atom stereocenters. The molecule has 2 aromatic heterocycles. The van der Waals surface area contributed by atoms with E-state index in [4.69, 9.17) is 9.72 Å². The quantitative estimate of drug-likeness (QED) is 0.349. The third-order valence-electron chi connectivity index (χ3n) is 4.46. The van der Waals surface area contributed by atoms with Crippen LogP contribution in [-0.2, 0) is 5.75 Å². The number of thiazole rings is 1. The Morgan fingerprint density at radius 3 is 2.59 bits per heavy atom. The Labute approximate surface area is 179 Å². The van der Waals surface area contributed by atoms with Crippen molar-refractivity contribution in [1.82, 2.24) is 15.2 Å². The van der Waals surface area contributed by atoms with Crippen molar-refractivity contribution in [2.45, 2.75) is 24.6 Å². The average Bonchev–Trinajstić information content (AvgIpc) is 3.14. The minimum atomic E-state index is 0.826. The van der Waals surface area contributed by atoms with Gasteiger partial charge in [-0.2, -0.15) is 0 Å².